The Morgan fingerprint density at radius 2 is 1.94 bits per heavy atom. The van der Waals surface area contributed by atoms with Crippen LogP contribution < -0.4 is 5.32 Å². The van der Waals surface area contributed by atoms with Gasteiger partial charge in [-0.1, -0.05) is 12.1 Å². The molecule has 0 atom stereocenters. The molecule has 3 nitrogen and oxygen atoms in total. The van der Waals surface area contributed by atoms with Gasteiger partial charge < -0.3 is 10.4 Å². The molecule has 0 aromatic heterocycles. The van der Waals surface area contributed by atoms with E-state index >= 15 is 0 Å². The van der Waals surface area contributed by atoms with Gasteiger partial charge in [-0.05, 0) is 52.9 Å². The number of amides is 1. The number of phenolic OH excluding ortho intramolecular Hbond substituents is 1. The normalized spacial score (nSPS) is 11.8. The third kappa shape index (κ3) is 1.74. The fraction of sp³-hybridized carbons (Fsp3) is 0.133. The summed E-state index contributed by atoms with van der Waals surface area (Å²) < 4.78 is 0. The first kappa shape index (κ1) is 10.8. The van der Waals surface area contributed by atoms with Crippen molar-refractivity contribution in [1.29, 1.82) is 0 Å². The molecule has 2 aromatic carbocycles. The van der Waals surface area contributed by atoms with Crippen LogP contribution in [0.2, 0.25) is 0 Å². The maximum absolute atomic E-state index is 11.1. The Balaban J connectivity index is 2.08. The van der Waals surface area contributed by atoms with Gasteiger partial charge in [0, 0.05) is 12.6 Å². The summed E-state index contributed by atoms with van der Waals surface area (Å²) in [5, 5.41) is 12.3. The first-order chi connectivity index (χ1) is 8.63. The lowest BCUT2D eigenvalue weighted by molar-refractivity contribution is -0.114. The minimum atomic E-state index is -0.0705. The van der Waals surface area contributed by atoms with Crippen LogP contribution in [0.4, 0.5) is 5.69 Å². The second-order valence-corrected chi connectivity index (χ2v) is 4.57. The van der Waals surface area contributed by atoms with Crippen molar-refractivity contribution in [3.8, 4) is 16.9 Å². The Labute approximate surface area is 105 Å². The molecule has 1 aliphatic carbocycles. The van der Waals surface area contributed by atoms with Crippen LogP contribution in [0.3, 0.4) is 0 Å². The molecule has 18 heavy (non-hydrogen) atoms. The van der Waals surface area contributed by atoms with E-state index in [2.05, 4.69) is 5.32 Å². The molecule has 3 heteroatoms. The van der Waals surface area contributed by atoms with E-state index < -0.39 is 0 Å². The van der Waals surface area contributed by atoms with Crippen molar-refractivity contribution in [3.05, 3.63) is 47.5 Å². The highest BCUT2D eigenvalue weighted by molar-refractivity contribution is 5.90. The largest absolute Gasteiger partial charge is 0.508 e. The number of anilines is 1. The molecule has 1 amide bonds. The Hall–Kier alpha value is -2.29. The predicted molar refractivity (Wildman–Crippen MR) is 70.7 cm³/mol. The topological polar surface area (TPSA) is 49.3 Å². The van der Waals surface area contributed by atoms with Crippen LogP contribution >= 0.6 is 0 Å². The van der Waals surface area contributed by atoms with Crippen LogP contribution in [0.5, 0.6) is 5.75 Å². The minimum absolute atomic E-state index is 0.0705. The lowest BCUT2D eigenvalue weighted by Gasteiger charge is -2.06. The van der Waals surface area contributed by atoms with Gasteiger partial charge in [-0.15, -0.1) is 0 Å². The predicted octanol–water partition coefficient (Wildman–Crippen LogP) is 2.92. The molecule has 0 saturated heterocycles. The summed E-state index contributed by atoms with van der Waals surface area (Å²) >= 11 is 0. The number of hydrogen-bond acceptors (Lipinski definition) is 2. The van der Waals surface area contributed by atoms with E-state index in [1.165, 1.54) is 12.5 Å². The van der Waals surface area contributed by atoms with E-state index in [1.54, 1.807) is 12.1 Å². The van der Waals surface area contributed by atoms with Crippen LogP contribution in [0.15, 0.2) is 36.4 Å². The van der Waals surface area contributed by atoms with E-state index in [9.17, 15) is 9.90 Å². The van der Waals surface area contributed by atoms with Crippen molar-refractivity contribution in [2.45, 2.75) is 13.3 Å². The lowest BCUT2D eigenvalue weighted by Crippen LogP contribution is -2.05. The van der Waals surface area contributed by atoms with Gasteiger partial charge in [0.25, 0.3) is 0 Å². The van der Waals surface area contributed by atoms with Crippen molar-refractivity contribution >= 4 is 11.6 Å². The van der Waals surface area contributed by atoms with Crippen LogP contribution in [0.25, 0.3) is 11.1 Å². The first-order valence-corrected chi connectivity index (χ1v) is 5.86. The highest BCUT2D eigenvalue weighted by atomic mass is 16.3. The number of hydrogen-bond donors (Lipinski definition) is 2. The SMILES string of the molecule is CC(=O)Nc1ccc2c(c1)-c1ccc(O)cc1C2. The van der Waals surface area contributed by atoms with Crippen LogP contribution in [-0.2, 0) is 11.2 Å². The second-order valence-electron chi connectivity index (χ2n) is 4.57. The fourth-order valence-corrected chi connectivity index (χ4v) is 2.46. The summed E-state index contributed by atoms with van der Waals surface area (Å²) in [6.45, 7) is 1.50. The third-order valence-corrected chi connectivity index (χ3v) is 3.19. The van der Waals surface area contributed by atoms with Gasteiger partial charge in [0.15, 0.2) is 0 Å². The number of fused-ring (bicyclic) bond motifs is 3. The molecular formula is C15H13NO2. The Kier molecular flexibility index (Phi) is 2.33. The molecule has 3 rings (SSSR count). The molecular weight excluding hydrogens is 226 g/mol. The van der Waals surface area contributed by atoms with Crippen LogP contribution in [-0.4, -0.2) is 11.0 Å². The Morgan fingerprint density at radius 3 is 2.72 bits per heavy atom. The molecule has 2 aromatic rings. The van der Waals surface area contributed by atoms with Crippen LogP contribution in [0.1, 0.15) is 18.1 Å². The zero-order valence-corrected chi connectivity index (χ0v) is 10.0. The summed E-state index contributed by atoms with van der Waals surface area (Å²) in [5.74, 6) is 0.225. The molecule has 0 bridgehead atoms. The molecule has 0 saturated carbocycles. The van der Waals surface area contributed by atoms with Crippen molar-refractivity contribution in [2.24, 2.45) is 0 Å². The van der Waals surface area contributed by atoms with Gasteiger partial charge >= 0.3 is 0 Å². The monoisotopic (exact) mass is 239 g/mol. The smallest absolute Gasteiger partial charge is 0.221 e. The van der Waals surface area contributed by atoms with Crippen molar-refractivity contribution in [1.82, 2.24) is 0 Å². The van der Waals surface area contributed by atoms with Crippen molar-refractivity contribution in [3.63, 3.8) is 0 Å². The number of carbonyl (C=O) groups excluding carboxylic acids is 1. The zero-order chi connectivity index (χ0) is 12.7. The van der Waals surface area contributed by atoms with E-state index in [0.717, 1.165) is 28.8 Å². The lowest BCUT2D eigenvalue weighted by atomic mass is 10.1. The maximum Gasteiger partial charge on any atom is 0.221 e. The molecule has 0 heterocycles. The Morgan fingerprint density at radius 1 is 1.11 bits per heavy atom. The number of aromatic hydroxyl groups is 1. The minimum Gasteiger partial charge on any atom is -0.508 e. The van der Waals surface area contributed by atoms with Gasteiger partial charge in [0.05, 0.1) is 0 Å². The molecule has 1 aliphatic rings. The first-order valence-electron chi connectivity index (χ1n) is 5.86. The summed E-state index contributed by atoms with van der Waals surface area (Å²) in [6, 6.07) is 11.3. The number of rotatable bonds is 1. The molecule has 90 valence electrons. The molecule has 0 unspecified atom stereocenters. The quantitative estimate of drug-likeness (QED) is 0.686. The van der Waals surface area contributed by atoms with Crippen molar-refractivity contribution < 1.29 is 9.90 Å². The van der Waals surface area contributed by atoms with Crippen molar-refractivity contribution in [2.75, 3.05) is 5.32 Å². The molecule has 0 aliphatic heterocycles. The van der Waals surface area contributed by atoms with Gasteiger partial charge in [-0.2, -0.15) is 0 Å². The van der Waals surface area contributed by atoms with E-state index in [0.29, 0.717) is 5.75 Å². The Bertz CT molecular complexity index is 647. The highest BCUT2D eigenvalue weighted by Gasteiger charge is 2.19. The maximum atomic E-state index is 11.1. The zero-order valence-electron chi connectivity index (χ0n) is 10.0. The van der Waals surface area contributed by atoms with E-state index in [-0.39, 0.29) is 5.91 Å². The third-order valence-electron chi connectivity index (χ3n) is 3.19. The number of phenols is 1. The van der Waals surface area contributed by atoms with Gasteiger partial charge in [-0.25, -0.2) is 0 Å². The van der Waals surface area contributed by atoms with Gasteiger partial charge in [0.2, 0.25) is 5.91 Å². The summed E-state index contributed by atoms with van der Waals surface area (Å²) in [4.78, 5) is 11.1. The molecule has 2 N–H and O–H groups in total. The summed E-state index contributed by atoms with van der Waals surface area (Å²) in [7, 11) is 0. The van der Waals surface area contributed by atoms with E-state index in [4.69, 9.17) is 0 Å². The molecule has 0 spiro atoms. The standard InChI is InChI=1S/C15H13NO2/c1-9(17)16-12-3-2-10-6-11-7-13(18)4-5-14(11)15(10)8-12/h2-5,7-8,18H,6H2,1H3,(H,16,17). The average Bonchev–Trinajstić information content (AvgIpc) is 2.65. The van der Waals surface area contributed by atoms with Gasteiger partial charge in [0.1, 0.15) is 5.75 Å². The molecule has 0 radical (unpaired) electrons. The number of carbonyl (C=O) groups is 1. The molecule has 0 fully saturated rings. The van der Waals surface area contributed by atoms with Gasteiger partial charge in [-0.3, -0.25) is 4.79 Å². The van der Waals surface area contributed by atoms with E-state index in [1.807, 2.05) is 24.3 Å². The summed E-state index contributed by atoms with van der Waals surface area (Å²) in [6.07, 6.45) is 0.833. The fourth-order valence-electron chi connectivity index (χ4n) is 2.46. The highest BCUT2D eigenvalue weighted by Crippen LogP contribution is 2.39. The number of benzene rings is 2. The second kappa shape index (κ2) is 3.88. The summed E-state index contributed by atoms with van der Waals surface area (Å²) in [5.41, 5.74) is 5.43. The van der Waals surface area contributed by atoms with Crippen LogP contribution in [0, 0.1) is 0 Å². The average molecular weight is 239 g/mol. The number of nitrogens with one attached hydrogen (secondary N) is 1.